The summed E-state index contributed by atoms with van der Waals surface area (Å²) in [5.74, 6) is -0.421. The fourth-order valence-electron chi connectivity index (χ4n) is 8.09. The van der Waals surface area contributed by atoms with Crippen molar-refractivity contribution in [2.75, 3.05) is 73.0 Å². The number of aryl methyl sites for hydroxylation is 1. The Morgan fingerprint density at radius 2 is 1.03 bits per heavy atom. The molecule has 4 amide bonds. The molecule has 6 aromatic carbocycles. The number of rotatable bonds is 16. The lowest BCUT2D eigenvalue weighted by Gasteiger charge is -2.31. The quantitative estimate of drug-likeness (QED) is 0.0779. The monoisotopic (exact) mass is 886 g/mol. The lowest BCUT2D eigenvalue weighted by Crippen LogP contribution is -2.45. The zero-order valence-corrected chi connectivity index (χ0v) is 36.9. The predicted molar refractivity (Wildman–Crippen MR) is 257 cm³/mol. The lowest BCUT2D eigenvalue weighted by atomic mass is 10.0. The Hall–Kier alpha value is -7.48. The second-order valence-electron chi connectivity index (χ2n) is 16.2. The first-order valence-corrected chi connectivity index (χ1v) is 22.3. The van der Waals surface area contributed by atoms with Gasteiger partial charge < -0.3 is 45.3 Å². The molecular formula is C53H54N6O7. The Balaban J connectivity index is 1.01. The highest BCUT2D eigenvalue weighted by atomic mass is 16.5. The zero-order chi connectivity index (χ0) is 45.7. The molecule has 2 atom stereocenters. The number of para-hydroxylation sites is 2. The standard InChI is InChI=1S/C53H54N6O7/c1-37-12-8-9-17-43(37)51(61)57-47(34-38-13-4-2-5-14-38)53(63)55-45-36-42(24-25-49(45)59-28-32-65-33-29-59)66-41-22-20-39(21-23-41)35-46(56-50(60)40-15-6-3-7-16-40)52(62)54-44-18-10-11-19-48(44)58-26-30-64-31-27-58/h2-25,36,46-47H,26-35H2,1H3,(H,54,62)(H,55,63)(H,56,60)(H,57,61). The molecule has 0 spiro atoms. The van der Waals surface area contributed by atoms with Crippen LogP contribution >= 0.6 is 0 Å². The van der Waals surface area contributed by atoms with Crippen LogP contribution in [-0.4, -0.2) is 88.3 Å². The summed E-state index contributed by atoms with van der Waals surface area (Å²) in [5, 5.41) is 12.2. The van der Waals surface area contributed by atoms with Crippen molar-refractivity contribution in [3.8, 4) is 11.5 Å². The van der Waals surface area contributed by atoms with Crippen molar-refractivity contribution in [2.45, 2.75) is 31.8 Å². The summed E-state index contributed by atoms with van der Waals surface area (Å²) in [6.45, 7) is 6.82. The van der Waals surface area contributed by atoms with Crippen LogP contribution in [0.25, 0.3) is 0 Å². The summed E-state index contributed by atoms with van der Waals surface area (Å²) in [5.41, 5.74) is 6.32. The summed E-state index contributed by atoms with van der Waals surface area (Å²) in [6, 6.07) is 44.4. The maximum absolute atomic E-state index is 14.3. The molecule has 4 N–H and O–H groups in total. The van der Waals surface area contributed by atoms with Gasteiger partial charge >= 0.3 is 0 Å². The van der Waals surface area contributed by atoms with Gasteiger partial charge in [0.15, 0.2) is 0 Å². The number of benzene rings is 6. The Morgan fingerprint density at radius 3 is 1.67 bits per heavy atom. The number of amides is 4. The average Bonchev–Trinajstić information content (AvgIpc) is 3.35. The maximum Gasteiger partial charge on any atom is 0.252 e. The molecular weight excluding hydrogens is 833 g/mol. The molecule has 66 heavy (non-hydrogen) atoms. The topological polar surface area (TPSA) is 151 Å². The first-order valence-electron chi connectivity index (χ1n) is 22.3. The van der Waals surface area contributed by atoms with Crippen molar-refractivity contribution in [3.63, 3.8) is 0 Å². The summed E-state index contributed by atoms with van der Waals surface area (Å²) in [6.07, 6.45) is 0.485. The molecule has 0 saturated carbocycles. The zero-order valence-electron chi connectivity index (χ0n) is 36.9. The second kappa shape index (κ2) is 21.9. The third-order valence-corrected chi connectivity index (χ3v) is 11.6. The number of nitrogens with zero attached hydrogens (tertiary/aromatic N) is 2. The number of carbonyl (C=O) groups is 4. The first-order chi connectivity index (χ1) is 32.3. The van der Waals surface area contributed by atoms with Gasteiger partial charge in [0.1, 0.15) is 23.6 Å². The van der Waals surface area contributed by atoms with Crippen LogP contribution in [-0.2, 0) is 31.9 Å². The van der Waals surface area contributed by atoms with E-state index in [1.54, 1.807) is 42.5 Å². The van der Waals surface area contributed by atoms with Crippen LogP contribution in [0.4, 0.5) is 22.7 Å². The SMILES string of the molecule is Cc1ccccc1C(=O)NC(Cc1ccccc1)C(=O)Nc1cc(Oc2ccc(CC(NC(=O)c3ccccc3)C(=O)Nc3ccccc3N3CCOCC3)cc2)ccc1N1CCOCC1. The molecule has 8 rings (SSSR count). The Morgan fingerprint density at radius 1 is 0.530 bits per heavy atom. The van der Waals surface area contributed by atoms with Gasteiger partial charge in [-0.3, -0.25) is 19.2 Å². The van der Waals surface area contributed by atoms with Crippen molar-refractivity contribution in [3.05, 3.63) is 179 Å². The molecule has 0 radical (unpaired) electrons. The lowest BCUT2D eigenvalue weighted by molar-refractivity contribution is -0.118. The number of ether oxygens (including phenoxy) is 3. The minimum absolute atomic E-state index is 0.208. The fourth-order valence-corrected chi connectivity index (χ4v) is 8.09. The molecule has 2 heterocycles. The Bertz CT molecular complexity index is 2600. The summed E-state index contributed by atoms with van der Waals surface area (Å²) >= 11 is 0. The molecule has 2 saturated heterocycles. The minimum atomic E-state index is -0.909. The third-order valence-electron chi connectivity index (χ3n) is 11.6. The number of carbonyl (C=O) groups excluding carboxylic acids is 4. The van der Waals surface area contributed by atoms with Crippen LogP contribution in [0.2, 0.25) is 0 Å². The predicted octanol–water partition coefficient (Wildman–Crippen LogP) is 7.42. The number of hydrogen-bond acceptors (Lipinski definition) is 9. The van der Waals surface area contributed by atoms with E-state index in [0.29, 0.717) is 86.6 Å². The van der Waals surface area contributed by atoms with Gasteiger partial charge in [0.05, 0.1) is 49.2 Å². The fraction of sp³-hybridized carbons (Fsp3) is 0.245. The van der Waals surface area contributed by atoms with E-state index in [0.717, 1.165) is 28.1 Å². The summed E-state index contributed by atoms with van der Waals surface area (Å²) in [7, 11) is 0. The molecule has 13 nitrogen and oxygen atoms in total. The third kappa shape index (κ3) is 11.8. The van der Waals surface area contributed by atoms with E-state index in [4.69, 9.17) is 14.2 Å². The molecule has 6 aromatic rings. The van der Waals surface area contributed by atoms with E-state index in [1.807, 2.05) is 116 Å². The van der Waals surface area contributed by atoms with Gasteiger partial charge in [0.25, 0.3) is 11.8 Å². The van der Waals surface area contributed by atoms with Crippen LogP contribution in [0.5, 0.6) is 11.5 Å². The van der Waals surface area contributed by atoms with Crippen molar-refractivity contribution in [1.29, 1.82) is 0 Å². The summed E-state index contributed by atoms with van der Waals surface area (Å²) < 4.78 is 17.6. The number of nitrogens with one attached hydrogen (secondary N) is 4. The number of hydrogen-bond donors (Lipinski definition) is 4. The molecule has 13 heteroatoms. The smallest absolute Gasteiger partial charge is 0.252 e. The first kappa shape index (κ1) is 45.1. The van der Waals surface area contributed by atoms with E-state index in [2.05, 4.69) is 31.1 Å². The molecule has 2 aliphatic heterocycles. The van der Waals surface area contributed by atoms with Crippen LogP contribution in [0.1, 0.15) is 37.4 Å². The van der Waals surface area contributed by atoms with Crippen molar-refractivity contribution < 1.29 is 33.4 Å². The highest BCUT2D eigenvalue weighted by molar-refractivity contribution is 6.04. The maximum atomic E-state index is 14.3. The van der Waals surface area contributed by atoms with Gasteiger partial charge in [-0.05, 0) is 78.2 Å². The summed E-state index contributed by atoms with van der Waals surface area (Å²) in [4.78, 5) is 59.8. The highest BCUT2D eigenvalue weighted by Gasteiger charge is 2.27. The molecule has 2 aliphatic rings. The van der Waals surface area contributed by atoms with Gasteiger partial charge in [-0.2, -0.15) is 0 Å². The van der Waals surface area contributed by atoms with E-state index >= 15 is 0 Å². The van der Waals surface area contributed by atoms with Gasteiger partial charge in [-0.15, -0.1) is 0 Å². The van der Waals surface area contributed by atoms with Gasteiger partial charge in [0, 0.05) is 56.2 Å². The van der Waals surface area contributed by atoms with Crippen molar-refractivity contribution in [1.82, 2.24) is 10.6 Å². The van der Waals surface area contributed by atoms with Crippen LogP contribution < -0.4 is 35.8 Å². The minimum Gasteiger partial charge on any atom is -0.457 e. The normalized spacial score (nSPS) is 14.6. The Kier molecular flexibility index (Phi) is 15.0. The Labute approximate surface area is 385 Å². The van der Waals surface area contributed by atoms with Crippen LogP contribution in [0.15, 0.2) is 152 Å². The van der Waals surface area contributed by atoms with Crippen LogP contribution in [0.3, 0.4) is 0 Å². The van der Waals surface area contributed by atoms with Crippen molar-refractivity contribution in [2.24, 2.45) is 0 Å². The number of anilines is 4. The molecule has 0 aromatic heterocycles. The largest absolute Gasteiger partial charge is 0.457 e. The molecule has 338 valence electrons. The van der Waals surface area contributed by atoms with E-state index in [1.165, 1.54) is 0 Å². The number of morpholine rings is 2. The highest BCUT2D eigenvalue weighted by Crippen LogP contribution is 2.34. The van der Waals surface area contributed by atoms with Gasteiger partial charge in [-0.25, -0.2) is 0 Å². The van der Waals surface area contributed by atoms with Crippen molar-refractivity contribution >= 4 is 46.4 Å². The second-order valence-corrected chi connectivity index (χ2v) is 16.2. The molecule has 0 aliphatic carbocycles. The van der Waals surface area contributed by atoms with Gasteiger partial charge in [-0.1, -0.05) is 91.0 Å². The van der Waals surface area contributed by atoms with E-state index in [-0.39, 0.29) is 36.5 Å². The average molecular weight is 887 g/mol. The van der Waals surface area contributed by atoms with E-state index in [9.17, 15) is 19.2 Å². The molecule has 0 bridgehead atoms. The molecule has 2 fully saturated rings. The van der Waals surface area contributed by atoms with E-state index < -0.39 is 12.1 Å². The van der Waals surface area contributed by atoms with Crippen LogP contribution in [0, 0.1) is 6.92 Å². The van der Waals surface area contributed by atoms with Gasteiger partial charge in [0.2, 0.25) is 11.8 Å². The molecule has 2 unspecified atom stereocenters.